The first-order valence-electron chi connectivity index (χ1n) is 8.60. The van der Waals surface area contributed by atoms with Crippen LogP contribution in [0.1, 0.15) is 27.0 Å². The van der Waals surface area contributed by atoms with E-state index in [0.29, 0.717) is 22.6 Å². The van der Waals surface area contributed by atoms with Crippen LogP contribution in [0.3, 0.4) is 0 Å². The number of nitrogens with one attached hydrogen (secondary N) is 2. The number of carbonyl (C=O) groups is 2. The number of aliphatic hydroxyl groups excluding tert-OH is 1. The van der Waals surface area contributed by atoms with Crippen molar-refractivity contribution in [3.63, 3.8) is 0 Å². The van der Waals surface area contributed by atoms with Crippen molar-refractivity contribution in [1.29, 1.82) is 0 Å². The average Bonchev–Trinajstić information content (AvgIpc) is 2.60. The number of rotatable bonds is 7. The summed E-state index contributed by atoms with van der Waals surface area (Å²) < 4.78 is 5.59. The molecule has 27 heavy (non-hydrogen) atoms. The van der Waals surface area contributed by atoms with Crippen LogP contribution in [0, 0.1) is 20.8 Å². The number of primary amides is 1. The van der Waals surface area contributed by atoms with Gasteiger partial charge in [-0.1, -0.05) is 23.8 Å². The quantitative estimate of drug-likeness (QED) is 0.598. The van der Waals surface area contributed by atoms with Crippen molar-refractivity contribution < 1.29 is 19.4 Å². The van der Waals surface area contributed by atoms with E-state index < -0.39 is 18.0 Å². The Balaban J connectivity index is 1.83. The zero-order valence-corrected chi connectivity index (χ0v) is 15.7. The van der Waals surface area contributed by atoms with Crippen molar-refractivity contribution in [3.8, 4) is 5.75 Å². The summed E-state index contributed by atoms with van der Waals surface area (Å²) in [6.07, 6.45) is -0.866. The van der Waals surface area contributed by atoms with Gasteiger partial charge in [0.05, 0.1) is 0 Å². The van der Waals surface area contributed by atoms with Crippen molar-refractivity contribution in [2.24, 2.45) is 5.73 Å². The van der Waals surface area contributed by atoms with Crippen LogP contribution in [0.15, 0.2) is 36.4 Å². The Morgan fingerprint density at radius 1 is 1.19 bits per heavy atom. The lowest BCUT2D eigenvalue weighted by atomic mass is 10.1. The van der Waals surface area contributed by atoms with E-state index in [1.54, 1.807) is 25.1 Å². The fourth-order valence-electron chi connectivity index (χ4n) is 2.62. The first-order chi connectivity index (χ1) is 12.8. The molecule has 144 valence electrons. The predicted octanol–water partition coefficient (Wildman–Crippen LogP) is 2.27. The van der Waals surface area contributed by atoms with Gasteiger partial charge in [-0.05, 0) is 50.1 Å². The molecule has 0 aromatic heterocycles. The second kappa shape index (κ2) is 9.05. The second-order valence-corrected chi connectivity index (χ2v) is 6.41. The number of urea groups is 1. The van der Waals surface area contributed by atoms with Crippen molar-refractivity contribution in [2.45, 2.75) is 26.9 Å². The molecule has 0 fully saturated rings. The Morgan fingerprint density at radius 3 is 2.59 bits per heavy atom. The Morgan fingerprint density at radius 2 is 1.93 bits per heavy atom. The Bertz CT molecular complexity index is 836. The number of benzene rings is 2. The zero-order valence-electron chi connectivity index (χ0n) is 15.7. The minimum Gasteiger partial charge on any atom is -0.491 e. The standard InChI is InChI=1S/C20H25N3O4/c1-12-7-8-18(13(2)9-12)27-11-15(24)10-22-20(26)23-17-6-4-5-16(14(17)3)19(21)25/h4-9,15,24H,10-11H2,1-3H3,(H2,21,25)(H2,22,23,26)/t15-/m1/s1. The highest BCUT2D eigenvalue weighted by Crippen LogP contribution is 2.19. The van der Waals surface area contributed by atoms with E-state index in [0.717, 1.165) is 11.1 Å². The molecule has 5 N–H and O–H groups in total. The van der Waals surface area contributed by atoms with E-state index >= 15 is 0 Å². The lowest BCUT2D eigenvalue weighted by Gasteiger charge is -2.16. The van der Waals surface area contributed by atoms with Crippen molar-refractivity contribution >= 4 is 17.6 Å². The number of aryl methyl sites for hydroxylation is 2. The molecule has 0 saturated carbocycles. The van der Waals surface area contributed by atoms with Crippen LogP contribution in [0.25, 0.3) is 0 Å². The molecule has 0 unspecified atom stereocenters. The van der Waals surface area contributed by atoms with Gasteiger partial charge in [0.15, 0.2) is 0 Å². The summed E-state index contributed by atoms with van der Waals surface area (Å²) in [5, 5.41) is 15.2. The number of aliphatic hydroxyl groups is 1. The maximum Gasteiger partial charge on any atom is 0.319 e. The predicted molar refractivity (Wildman–Crippen MR) is 104 cm³/mol. The minimum atomic E-state index is -0.866. The number of amides is 3. The van der Waals surface area contributed by atoms with Gasteiger partial charge in [0.2, 0.25) is 5.91 Å². The molecule has 0 aliphatic heterocycles. The molecule has 7 heteroatoms. The maximum atomic E-state index is 12.0. The summed E-state index contributed by atoms with van der Waals surface area (Å²) >= 11 is 0. The summed E-state index contributed by atoms with van der Waals surface area (Å²) in [6, 6.07) is 10.2. The highest BCUT2D eigenvalue weighted by molar-refractivity contribution is 5.98. The van der Waals surface area contributed by atoms with Crippen molar-refractivity contribution in [3.05, 3.63) is 58.7 Å². The largest absolute Gasteiger partial charge is 0.491 e. The zero-order chi connectivity index (χ0) is 20.0. The van der Waals surface area contributed by atoms with Crippen LogP contribution < -0.4 is 21.1 Å². The fourth-order valence-corrected chi connectivity index (χ4v) is 2.62. The van der Waals surface area contributed by atoms with E-state index in [1.807, 2.05) is 32.0 Å². The lowest BCUT2D eigenvalue weighted by molar-refractivity contribution is 0.0999. The van der Waals surface area contributed by atoms with Crippen LogP contribution in [0.4, 0.5) is 10.5 Å². The van der Waals surface area contributed by atoms with E-state index in [9.17, 15) is 14.7 Å². The van der Waals surface area contributed by atoms with Gasteiger partial charge in [0.25, 0.3) is 0 Å². The molecule has 0 bridgehead atoms. The van der Waals surface area contributed by atoms with Gasteiger partial charge in [-0.15, -0.1) is 0 Å². The number of hydrogen-bond donors (Lipinski definition) is 4. The Kier molecular flexibility index (Phi) is 6.79. The number of hydrogen-bond acceptors (Lipinski definition) is 4. The molecule has 0 saturated heterocycles. The lowest BCUT2D eigenvalue weighted by Crippen LogP contribution is -2.37. The van der Waals surface area contributed by atoms with Gasteiger partial charge < -0.3 is 26.2 Å². The van der Waals surface area contributed by atoms with Gasteiger partial charge in [-0.25, -0.2) is 4.79 Å². The molecule has 3 amide bonds. The molecule has 0 spiro atoms. The summed E-state index contributed by atoms with van der Waals surface area (Å²) in [4.78, 5) is 23.4. The second-order valence-electron chi connectivity index (χ2n) is 6.41. The molecule has 0 aliphatic rings. The monoisotopic (exact) mass is 371 g/mol. The van der Waals surface area contributed by atoms with Gasteiger partial charge >= 0.3 is 6.03 Å². The number of carbonyl (C=O) groups excluding carboxylic acids is 2. The Labute approximate surface area is 158 Å². The van der Waals surface area contributed by atoms with Gasteiger partial charge in [-0.3, -0.25) is 4.79 Å². The number of anilines is 1. The first-order valence-corrected chi connectivity index (χ1v) is 8.60. The molecule has 1 atom stereocenters. The molecular weight excluding hydrogens is 346 g/mol. The molecule has 2 aromatic carbocycles. The van der Waals surface area contributed by atoms with Gasteiger partial charge in [0.1, 0.15) is 18.5 Å². The van der Waals surface area contributed by atoms with E-state index in [4.69, 9.17) is 10.5 Å². The van der Waals surface area contributed by atoms with E-state index in [2.05, 4.69) is 10.6 Å². The molecule has 7 nitrogen and oxygen atoms in total. The van der Waals surface area contributed by atoms with Crippen LogP contribution in [-0.2, 0) is 0 Å². The van der Waals surface area contributed by atoms with Gasteiger partial charge in [-0.2, -0.15) is 0 Å². The normalized spacial score (nSPS) is 11.6. The molecule has 0 radical (unpaired) electrons. The fraction of sp³-hybridized carbons (Fsp3) is 0.300. The summed E-state index contributed by atoms with van der Waals surface area (Å²) in [5.74, 6) is 0.138. The first kappa shape index (κ1) is 20.3. The molecule has 2 rings (SSSR count). The van der Waals surface area contributed by atoms with Crippen LogP contribution in [0.2, 0.25) is 0 Å². The SMILES string of the molecule is Cc1ccc(OC[C@H](O)CNC(=O)Nc2cccc(C(N)=O)c2C)c(C)c1. The summed E-state index contributed by atoms with van der Waals surface area (Å²) in [6.45, 7) is 5.70. The van der Waals surface area contributed by atoms with Crippen molar-refractivity contribution in [1.82, 2.24) is 5.32 Å². The molecular formula is C20H25N3O4. The van der Waals surface area contributed by atoms with Crippen LogP contribution >= 0.6 is 0 Å². The topological polar surface area (TPSA) is 114 Å². The average molecular weight is 371 g/mol. The third kappa shape index (κ3) is 5.72. The minimum absolute atomic E-state index is 0.0191. The number of ether oxygens (including phenoxy) is 1. The highest BCUT2D eigenvalue weighted by atomic mass is 16.5. The summed E-state index contributed by atoms with van der Waals surface area (Å²) in [7, 11) is 0. The van der Waals surface area contributed by atoms with Crippen LogP contribution in [0.5, 0.6) is 5.75 Å². The molecule has 0 heterocycles. The highest BCUT2D eigenvalue weighted by Gasteiger charge is 2.12. The van der Waals surface area contributed by atoms with Crippen molar-refractivity contribution in [2.75, 3.05) is 18.5 Å². The molecule has 0 aliphatic carbocycles. The van der Waals surface area contributed by atoms with E-state index in [1.165, 1.54) is 0 Å². The van der Waals surface area contributed by atoms with Crippen LogP contribution in [-0.4, -0.2) is 36.3 Å². The maximum absolute atomic E-state index is 12.0. The van der Waals surface area contributed by atoms with E-state index in [-0.39, 0.29) is 13.2 Å². The third-order valence-electron chi connectivity index (χ3n) is 4.11. The summed E-state index contributed by atoms with van der Waals surface area (Å²) in [5.41, 5.74) is 8.82. The molecule has 2 aromatic rings. The third-order valence-corrected chi connectivity index (χ3v) is 4.11. The number of nitrogens with two attached hydrogens (primary N) is 1. The van der Waals surface area contributed by atoms with Gasteiger partial charge in [0, 0.05) is 17.8 Å². The smallest absolute Gasteiger partial charge is 0.319 e. The Hall–Kier alpha value is -3.06.